The van der Waals surface area contributed by atoms with Crippen LogP contribution in [0.1, 0.15) is 31.4 Å². The van der Waals surface area contributed by atoms with E-state index in [1.54, 1.807) is 0 Å². The summed E-state index contributed by atoms with van der Waals surface area (Å²) in [6.45, 7) is 1.67. The lowest BCUT2D eigenvalue weighted by Gasteiger charge is -2.32. The number of pyridine rings is 1. The molecule has 0 bridgehead atoms. The monoisotopic (exact) mass is 314 g/mol. The highest BCUT2D eigenvalue weighted by molar-refractivity contribution is 6.02. The summed E-state index contributed by atoms with van der Waals surface area (Å²) in [5.74, 6) is -3.84. The van der Waals surface area contributed by atoms with Crippen LogP contribution in [0.5, 0.6) is 0 Å². The Morgan fingerprint density at radius 3 is 2.36 bits per heavy atom. The van der Waals surface area contributed by atoms with Crippen molar-refractivity contribution in [3.05, 3.63) is 29.6 Å². The molecule has 0 radical (unpaired) electrons. The molecule has 1 aromatic heterocycles. The van der Waals surface area contributed by atoms with E-state index >= 15 is 0 Å². The minimum Gasteiger partial charge on any atom is -0.480 e. The van der Waals surface area contributed by atoms with Gasteiger partial charge in [-0.2, -0.15) is 0 Å². The topological polar surface area (TPSA) is 88.5 Å². The SMILES string of the molecule is CC(NC(=O)C1(C(=O)O)CCOCC1)c1c(F)cncc1F. The third-order valence-electron chi connectivity index (χ3n) is 3.86. The van der Waals surface area contributed by atoms with Gasteiger partial charge in [0.25, 0.3) is 0 Å². The Hall–Kier alpha value is -2.09. The van der Waals surface area contributed by atoms with Gasteiger partial charge in [-0.1, -0.05) is 0 Å². The number of hydrogen-bond donors (Lipinski definition) is 2. The van der Waals surface area contributed by atoms with E-state index in [4.69, 9.17) is 4.74 Å². The third-order valence-corrected chi connectivity index (χ3v) is 3.86. The van der Waals surface area contributed by atoms with E-state index in [1.165, 1.54) is 6.92 Å². The van der Waals surface area contributed by atoms with Crippen LogP contribution in [-0.2, 0) is 14.3 Å². The Morgan fingerprint density at radius 1 is 1.32 bits per heavy atom. The summed E-state index contributed by atoms with van der Waals surface area (Å²) in [6, 6.07) is -1.02. The first-order valence-corrected chi connectivity index (χ1v) is 6.79. The first-order valence-electron chi connectivity index (χ1n) is 6.79. The van der Waals surface area contributed by atoms with Crippen LogP contribution in [0.15, 0.2) is 12.4 Å². The molecule has 1 unspecified atom stereocenters. The summed E-state index contributed by atoms with van der Waals surface area (Å²) in [5, 5.41) is 11.8. The average molecular weight is 314 g/mol. The van der Waals surface area contributed by atoms with Crippen LogP contribution in [0.4, 0.5) is 8.78 Å². The van der Waals surface area contributed by atoms with Gasteiger partial charge in [-0.25, -0.2) is 8.78 Å². The predicted octanol–water partition coefficient (Wildman–Crippen LogP) is 1.42. The highest BCUT2D eigenvalue weighted by atomic mass is 19.1. The van der Waals surface area contributed by atoms with Crippen molar-refractivity contribution in [3.63, 3.8) is 0 Å². The maximum atomic E-state index is 13.7. The molecule has 22 heavy (non-hydrogen) atoms. The van der Waals surface area contributed by atoms with Crippen molar-refractivity contribution in [2.75, 3.05) is 13.2 Å². The van der Waals surface area contributed by atoms with Crippen molar-refractivity contribution in [1.29, 1.82) is 0 Å². The van der Waals surface area contributed by atoms with Crippen LogP contribution < -0.4 is 5.32 Å². The lowest BCUT2D eigenvalue weighted by molar-refractivity contribution is -0.162. The second-order valence-electron chi connectivity index (χ2n) is 5.21. The Balaban J connectivity index is 2.21. The number of carbonyl (C=O) groups excluding carboxylic acids is 1. The molecule has 1 fully saturated rings. The molecule has 120 valence electrons. The van der Waals surface area contributed by atoms with Crippen molar-refractivity contribution < 1.29 is 28.2 Å². The number of carboxylic acid groups (broad SMARTS) is 1. The molecular formula is C14H16F2N2O4. The zero-order valence-corrected chi connectivity index (χ0v) is 11.9. The molecule has 0 aromatic carbocycles. The van der Waals surface area contributed by atoms with Crippen LogP contribution in [0.2, 0.25) is 0 Å². The van der Waals surface area contributed by atoms with Crippen LogP contribution in [0, 0.1) is 17.0 Å². The molecule has 2 rings (SSSR count). The van der Waals surface area contributed by atoms with Crippen molar-refractivity contribution in [3.8, 4) is 0 Å². The summed E-state index contributed by atoms with van der Waals surface area (Å²) in [6.07, 6.45) is 1.70. The number of nitrogens with zero attached hydrogens (tertiary/aromatic N) is 1. The minimum atomic E-state index is -1.63. The minimum absolute atomic E-state index is 0.0161. The summed E-state index contributed by atoms with van der Waals surface area (Å²) in [5.41, 5.74) is -1.98. The number of nitrogens with one attached hydrogen (secondary N) is 1. The number of aliphatic carboxylic acids is 1. The molecule has 1 aliphatic heterocycles. The standard InChI is InChI=1S/C14H16F2N2O4/c1-8(11-9(15)6-17-7-10(11)16)18-12(19)14(13(20)21)2-4-22-5-3-14/h6-8H,2-5H2,1H3,(H,18,19)(H,20,21). The van der Waals surface area contributed by atoms with E-state index in [-0.39, 0.29) is 31.6 Å². The second kappa shape index (κ2) is 6.35. The number of amides is 1. The Bertz CT molecular complexity index is 568. The number of rotatable bonds is 4. The molecule has 1 aromatic rings. The van der Waals surface area contributed by atoms with Gasteiger partial charge < -0.3 is 15.2 Å². The number of hydrogen-bond acceptors (Lipinski definition) is 4. The number of halogens is 2. The van der Waals surface area contributed by atoms with Gasteiger partial charge in [0.1, 0.15) is 11.6 Å². The maximum Gasteiger partial charge on any atom is 0.319 e. The van der Waals surface area contributed by atoms with Gasteiger partial charge in [-0.05, 0) is 19.8 Å². The average Bonchev–Trinajstić information content (AvgIpc) is 2.47. The van der Waals surface area contributed by atoms with E-state index in [0.717, 1.165) is 12.4 Å². The van der Waals surface area contributed by atoms with Crippen molar-refractivity contribution in [2.24, 2.45) is 5.41 Å². The van der Waals surface area contributed by atoms with Gasteiger partial charge in [0.05, 0.1) is 18.4 Å². The lowest BCUT2D eigenvalue weighted by atomic mass is 9.79. The zero-order chi connectivity index (χ0) is 16.3. The van der Waals surface area contributed by atoms with Crippen molar-refractivity contribution >= 4 is 11.9 Å². The number of aromatic nitrogens is 1. The zero-order valence-electron chi connectivity index (χ0n) is 11.9. The lowest BCUT2D eigenvalue weighted by Crippen LogP contribution is -2.50. The van der Waals surface area contributed by atoms with Gasteiger partial charge >= 0.3 is 5.97 Å². The van der Waals surface area contributed by atoms with Gasteiger partial charge in [-0.15, -0.1) is 0 Å². The van der Waals surface area contributed by atoms with E-state index < -0.39 is 35.0 Å². The number of carboxylic acids is 1. The van der Waals surface area contributed by atoms with Gasteiger partial charge in [-0.3, -0.25) is 14.6 Å². The van der Waals surface area contributed by atoms with E-state index in [9.17, 15) is 23.5 Å². The summed E-state index contributed by atoms with van der Waals surface area (Å²) >= 11 is 0. The number of carbonyl (C=O) groups is 2. The Morgan fingerprint density at radius 2 is 1.86 bits per heavy atom. The Kier molecular flexibility index (Phi) is 4.70. The van der Waals surface area contributed by atoms with Crippen LogP contribution in [0.25, 0.3) is 0 Å². The van der Waals surface area contributed by atoms with Crippen LogP contribution in [0.3, 0.4) is 0 Å². The second-order valence-corrected chi connectivity index (χ2v) is 5.21. The molecule has 1 aliphatic rings. The van der Waals surface area contributed by atoms with E-state index in [2.05, 4.69) is 10.3 Å². The smallest absolute Gasteiger partial charge is 0.319 e. The first kappa shape index (κ1) is 16.3. The van der Waals surface area contributed by atoms with Crippen molar-refractivity contribution in [1.82, 2.24) is 10.3 Å². The third kappa shape index (κ3) is 2.92. The molecule has 2 heterocycles. The molecule has 0 aliphatic carbocycles. The fourth-order valence-corrected chi connectivity index (χ4v) is 2.50. The highest BCUT2D eigenvalue weighted by Gasteiger charge is 2.47. The molecule has 8 heteroatoms. The molecule has 0 spiro atoms. The normalized spacial score (nSPS) is 18.5. The number of ether oxygens (including phenoxy) is 1. The largest absolute Gasteiger partial charge is 0.480 e. The molecular weight excluding hydrogens is 298 g/mol. The van der Waals surface area contributed by atoms with Crippen molar-refractivity contribution in [2.45, 2.75) is 25.8 Å². The molecule has 0 saturated carbocycles. The summed E-state index contributed by atoms with van der Waals surface area (Å²) < 4.78 is 32.4. The fraction of sp³-hybridized carbons (Fsp3) is 0.500. The maximum absolute atomic E-state index is 13.7. The van der Waals surface area contributed by atoms with Gasteiger partial charge in [0.15, 0.2) is 5.41 Å². The summed E-state index contributed by atoms with van der Waals surface area (Å²) in [7, 11) is 0. The van der Waals surface area contributed by atoms with Crippen LogP contribution >= 0.6 is 0 Å². The molecule has 6 nitrogen and oxygen atoms in total. The molecule has 1 atom stereocenters. The molecule has 1 saturated heterocycles. The van der Waals surface area contributed by atoms with Gasteiger partial charge in [0, 0.05) is 18.8 Å². The van der Waals surface area contributed by atoms with Gasteiger partial charge in [0.2, 0.25) is 5.91 Å². The molecule has 2 N–H and O–H groups in total. The quantitative estimate of drug-likeness (QED) is 0.821. The summed E-state index contributed by atoms with van der Waals surface area (Å²) in [4.78, 5) is 27.2. The van der Waals surface area contributed by atoms with E-state index in [0.29, 0.717) is 0 Å². The molecule has 1 amide bonds. The highest BCUT2D eigenvalue weighted by Crippen LogP contribution is 2.32. The predicted molar refractivity (Wildman–Crippen MR) is 70.8 cm³/mol. The fourth-order valence-electron chi connectivity index (χ4n) is 2.50. The van der Waals surface area contributed by atoms with E-state index in [1.807, 2.05) is 0 Å². The van der Waals surface area contributed by atoms with Crippen LogP contribution in [-0.4, -0.2) is 35.2 Å². The Labute approximate surface area is 125 Å². The first-order chi connectivity index (χ1) is 10.4.